The standard InChI is InChI=1S/C13H27N2/c1-15(2,3)8-7-14-10-12-5-4-6-13(9-12)11-14/h12-13H,4-11H2,1-3H3/q+1. The van der Waals surface area contributed by atoms with Crippen molar-refractivity contribution in [2.24, 2.45) is 11.8 Å². The SMILES string of the molecule is C[N+](C)(C)CCN1CC2CCCC(C2)C1. The van der Waals surface area contributed by atoms with E-state index in [1.807, 2.05) is 0 Å². The van der Waals surface area contributed by atoms with Crippen LogP contribution in [0.15, 0.2) is 0 Å². The normalized spacial score (nSPS) is 33.0. The third-order valence-electron chi connectivity index (χ3n) is 4.01. The minimum absolute atomic E-state index is 1.03. The molecule has 88 valence electrons. The fraction of sp³-hybridized carbons (Fsp3) is 1.00. The van der Waals surface area contributed by atoms with E-state index in [1.165, 1.54) is 51.9 Å². The van der Waals surface area contributed by atoms with Crippen molar-refractivity contribution in [2.45, 2.75) is 25.7 Å². The highest BCUT2D eigenvalue weighted by Gasteiger charge is 2.30. The Morgan fingerprint density at radius 3 is 2.20 bits per heavy atom. The fourth-order valence-corrected chi connectivity index (χ4v) is 3.16. The number of likely N-dealkylation sites (N-methyl/N-ethyl adjacent to an activating group) is 1. The van der Waals surface area contributed by atoms with Crippen LogP contribution in [0.3, 0.4) is 0 Å². The van der Waals surface area contributed by atoms with E-state index in [9.17, 15) is 0 Å². The molecule has 2 aliphatic rings. The molecule has 0 radical (unpaired) electrons. The zero-order chi connectivity index (χ0) is 10.9. The molecule has 2 nitrogen and oxygen atoms in total. The van der Waals surface area contributed by atoms with Crippen LogP contribution in [0.4, 0.5) is 0 Å². The first kappa shape index (κ1) is 11.4. The van der Waals surface area contributed by atoms with Gasteiger partial charge in [0.25, 0.3) is 0 Å². The Kier molecular flexibility index (Phi) is 3.36. The van der Waals surface area contributed by atoms with Crippen molar-refractivity contribution < 1.29 is 4.48 Å². The zero-order valence-corrected chi connectivity index (χ0v) is 10.7. The van der Waals surface area contributed by atoms with Gasteiger partial charge in [-0.1, -0.05) is 6.42 Å². The highest BCUT2D eigenvalue weighted by Crippen LogP contribution is 2.34. The largest absolute Gasteiger partial charge is 0.330 e. The Labute approximate surface area is 94.8 Å². The van der Waals surface area contributed by atoms with E-state index < -0.39 is 0 Å². The summed E-state index contributed by atoms with van der Waals surface area (Å²) < 4.78 is 1.10. The molecule has 15 heavy (non-hydrogen) atoms. The predicted octanol–water partition coefficient (Wildman–Crippen LogP) is 1.81. The van der Waals surface area contributed by atoms with Gasteiger partial charge in [-0.25, -0.2) is 0 Å². The number of quaternary nitrogens is 1. The molecule has 2 heteroatoms. The summed E-state index contributed by atoms with van der Waals surface area (Å²) in [6.07, 6.45) is 6.02. The first-order valence-electron chi connectivity index (χ1n) is 6.56. The summed E-state index contributed by atoms with van der Waals surface area (Å²) in [5, 5.41) is 0. The summed E-state index contributed by atoms with van der Waals surface area (Å²) in [5.74, 6) is 2.06. The van der Waals surface area contributed by atoms with Gasteiger partial charge in [0, 0.05) is 19.6 Å². The minimum Gasteiger partial charge on any atom is -0.330 e. The van der Waals surface area contributed by atoms with Crippen LogP contribution in [-0.2, 0) is 0 Å². The van der Waals surface area contributed by atoms with E-state index in [1.54, 1.807) is 0 Å². The molecule has 0 amide bonds. The molecule has 1 aliphatic heterocycles. The Morgan fingerprint density at radius 1 is 1.07 bits per heavy atom. The molecular formula is C13H27N2+. The van der Waals surface area contributed by atoms with Crippen molar-refractivity contribution in [3.05, 3.63) is 0 Å². The van der Waals surface area contributed by atoms with Gasteiger partial charge in [0.05, 0.1) is 27.7 Å². The average Bonchev–Trinajstić information content (AvgIpc) is 2.13. The van der Waals surface area contributed by atoms with E-state index in [2.05, 4.69) is 26.0 Å². The second kappa shape index (κ2) is 4.42. The van der Waals surface area contributed by atoms with E-state index in [0.717, 1.165) is 16.3 Å². The van der Waals surface area contributed by atoms with Crippen LogP contribution in [-0.4, -0.2) is 56.7 Å². The Bertz CT molecular complexity index is 195. The van der Waals surface area contributed by atoms with Crippen LogP contribution in [0, 0.1) is 11.8 Å². The van der Waals surface area contributed by atoms with Crippen LogP contribution in [0.2, 0.25) is 0 Å². The molecule has 0 aromatic carbocycles. The average molecular weight is 211 g/mol. The first-order valence-corrected chi connectivity index (χ1v) is 6.56. The summed E-state index contributed by atoms with van der Waals surface area (Å²) in [5.41, 5.74) is 0. The highest BCUT2D eigenvalue weighted by molar-refractivity contribution is 4.83. The lowest BCUT2D eigenvalue weighted by Crippen LogP contribution is -2.48. The first-order chi connectivity index (χ1) is 7.03. The fourth-order valence-electron chi connectivity index (χ4n) is 3.16. The van der Waals surface area contributed by atoms with Gasteiger partial charge in [0.15, 0.2) is 0 Å². The van der Waals surface area contributed by atoms with E-state index in [4.69, 9.17) is 0 Å². The van der Waals surface area contributed by atoms with Gasteiger partial charge in [-0.15, -0.1) is 0 Å². The maximum Gasteiger partial charge on any atom is 0.0909 e. The van der Waals surface area contributed by atoms with Gasteiger partial charge in [-0.05, 0) is 31.1 Å². The lowest BCUT2D eigenvalue weighted by atomic mass is 9.78. The van der Waals surface area contributed by atoms with Crippen LogP contribution < -0.4 is 0 Å². The third kappa shape index (κ3) is 3.46. The van der Waals surface area contributed by atoms with E-state index >= 15 is 0 Å². The number of piperidine rings is 1. The molecule has 0 N–H and O–H groups in total. The summed E-state index contributed by atoms with van der Waals surface area (Å²) in [6.45, 7) is 5.36. The highest BCUT2D eigenvalue weighted by atomic mass is 15.3. The van der Waals surface area contributed by atoms with Gasteiger partial charge in [0.2, 0.25) is 0 Å². The van der Waals surface area contributed by atoms with E-state index in [-0.39, 0.29) is 0 Å². The van der Waals surface area contributed by atoms with Crippen molar-refractivity contribution in [3.8, 4) is 0 Å². The van der Waals surface area contributed by atoms with Crippen LogP contribution >= 0.6 is 0 Å². The summed E-state index contributed by atoms with van der Waals surface area (Å²) in [7, 11) is 6.89. The third-order valence-corrected chi connectivity index (χ3v) is 4.01. The number of rotatable bonds is 3. The Balaban J connectivity index is 1.79. The molecule has 1 saturated carbocycles. The van der Waals surface area contributed by atoms with Crippen molar-refractivity contribution >= 4 is 0 Å². The van der Waals surface area contributed by atoms with Crippen LogP contribution in [0.5, 0.6) is 0 Å². The lowest BCUT2D eigenvalue weighted by Gasteiger charge is -2.42. The minimum atomic E-state index is 1.03. The molecule has 0 aromatic rings. The number of likely N-dealkylation sites (tertiary alicyclic amines) is 1. The van der Waals surface area contributed by atoms with Crippen LogP contribution in [0.1, 0.15) is 25.7 Å². The summed E-state index contributed by atoms with van der Waals surface area (Å²) in [6, 6.07) is 0. The number of hydrogen-bond donors (Lipinski definition) is 0. The van der Waals surface area contributed by atoms with E-state index in [0.29, 0.717) is 0 Å². The molecule has 2 atom stereocenters. The number of fused-ring (bicyclic) bond motifs is 2. The monoisotopic (exact) mass is 211 g/mol. The maximum atomic E-state index is 2.72. The molecule has 2 unspecified atom stereocenters. The molecular weight excluding hydrogens is 184 g/mol. The van der Waals surface area contributed by atoms with Gasteiger partial charge in [-0.2, -0.15) is 0 Å². The Morgan fingerprint density at radius 2 is 1.67 bits per heavy atom. The predicted molar refractivity (Wildman–Crippen MR) is 64.8 cm³/mol. The number of nitrogens with zero attached hydrogens (tertiary/aromatic N) is 2. The second-order valence-corrected chi connectivity index (χ2v) is 6.67. The summed E-state index contributed by atoms with van der Waals surface area (Å²) in [4.78, 5) is 2.72. The lowest BCUT2D eigenvalue weighted by molar-refractivity contribution is -0.869. The molecule has 1 heterocycles. The quantitative estimate of drug-likeness (QED) is 0.644. The molecule has 0 aromatic heterocycles. The van der Waals surface area contributed by atoms with Crippen molar-refractivity contribution in [3.63, 3.8) is 0 Å². The molecule has 1 saturated heterocycles. The molecule has 0 spiro atoms. The molecule has 1 aliphatic carbocycles. The topological polar surface area (TPSA) is 3.24 Å². The molecule has 2 bridgehead atoms. The van der Waals surface area contributed by atoms with Gasteiger partial charge < -0.3 is 4.48 Å². The smallest absolute Gasteiger partial charge is 0.0909 e. The molecule has 2 fully saturated rings. The van der Waals surface area contributed by atoms with Gasteiger partial charge >= 0.3 is 0 Å². The summed E-state index contributed by atoms with van der Waals surface area (Å²) >= 11 is 0. The van der Waals surface area contributed by atoms with Crippen LogP contribution in [0.25, 0.3) is 0 Å². The molecule has 2 rings (SSSR count). The van der Waals surface area contributed by atoms with Crippen molar-refractivity contribution in [1.29, 1.82) is 0 Å². The van der Waals surface area contributed by atoms with Gasteiger partial charge in [0.1, 0.15) is 0 Å². The van der Waals surface area contributed by atoms with Crippen molar-refractivity contribution in [2.75, 3.05) is 47.3 Å². The second-order valence-electron chi connectivity index (χ2n) is 6.67. The maximum absolute atomic E-state index is 2.72. The van der Waals surface area contributed by atoms with Crippen molar-refractivity contribution in [1.82, 2.24) is 4.90 Å². The zero-order valence-electron chi connectivity index (χ0n) is 10.7. The van der Waals surface area contributed by atoms with Gasteiger partial charge in [-0.3, -0.25) is 4.90 Å². The number of hydrogen-bond acceptors (Lipinski definition) is 1. The Hall–Kier alpha value is -0.0800.